The fraction of sp³-hybridized carbons (Fsp3) is 0. The van der Waals surface area contributed by atoms with Gasteiger partial charge in [0.05, 0.1) is 5.02 Å². The number of anilines is 1. The molecule has 0 aromatic heterocycles. The SMILES string of the molecule is BNc1ccccc1Cl. The Hall–Kier alpha value is -0.625. The Morgan fingerprint density at radius 1 is 1.33 bits per heavy atom. The number of halogens is 1. The molecule has 1 aromatic rings. The molecule has 0 fully saturated rings. The quantitative estimate of drug-likeness (QED) is 0.578. The predicted molar refractivity (Wildman–Crippen MR) is 43.6 cm³/mol. The van der Waals surface area contributed by atoms with Gasteiger partial charge in [0.15, 0.2) is 0 Å². The van der Waals surface area contributed by atoms with E-state index in [2.05, 4.69) is 5.23 Å². The van der Waals surface area contributed by atoms with E-state index in [1.807, 2.05) is 32.2 Å². The van der Waals surface area contributed by atoms with Crippen molar-refractivity contribution in [2.45, 2.75) is 0 Å². The summed E-state index contributed by atoms with van der Waals surface area (Å²) in [6.45, 7) is 0. The molecule has 0 radical (unpaired) electrons. The molecular formula is C6H7BClN. The fourth-order valence-electron chi connectivity index (χ4n) is 0.664. The van der Waals surface area contributed by atoms with E-state index >= 15 is 0 Å². The lowest BCUT2D eigenvalue weighted by molar-refractivity contribution is 1.67. The van der Waals surface area contributed by atoms with Crippen molar-refractivity contribution >= 4 is 25.3 Å². The lowest BCUT2D eigenvalue weighted by Gasteiger charge is -1.99. The van der Waals surface area contributed by atoms with E-state index < -0.39 is 0 Å². The molecule has 0 bridgehead atoms. The molecule has 3 heteroatoms. The highest BCUT2D eigenvalue weighted by Gasteiger charge is 1.90. The summed E-state index contributed by atoms with van der Waals surface area (Å²) in [5, 5.41) is 3.73. The second-order valence-corrected chi connectivity index (χ2v) is 2.14. The minimum atomic E-state index is 0.764. The fourth-order valence-corrected chi connectivity index (χ4v) is 0.894. The Kier molecular flexibility index (Phi) is 2.01. The van der Waals surface area contributed by atoms with Gasteiger partial charge in [-0.25, -0.2) is 0 Å². The Bertz CT molecular complexity index is 202. The van der Waals surface area contributed by atoms with Crippen molar-refractivity contribution in [2.75, 3.05) is 5.23 Å². The van der Waals surface area contributed by atoms with Gasteiger partial charge in [-0.05, 0) is 12.1 Å². The molecule has 0 heterocycles. The third-order valence-corrected chi connectivity index (χ3v) is 1.47. The van der Waals surface area contributed by atoms with Crippen molar-refractivity contribution in [1.29, 1.82) is 0 Å². The van der Waals surface area contributed by atoms with Gasteiger partial charge in [-0.3, -0.25) is 0 Å². The van der Waals surface area contributed by atoms with E-state index in [0.717, 1.165) is 10.7 Å². The van der Waals surface area contributed by atoms with E-state index in [-0.39, 0.29) is 0 Å². The topological polar surface area (TPSA) is 12.0 Å². The molecule has 9 heavy (non-hydrogen) atoms. The zero-order valence-electron chi connectivity index (χ0n) is 5.19. The Morgan fingerprint density at radius 2 is 2.00 bits per heavy atom. The van der Waals surface area contributed by atoms with Crippen molar-refractivity contribution in [3.05, 3.63) is 29.3 Å². The van der Waals surface area contributed by atoms with E-state index in [1.165, 1.54) is 0 Å². The molecule has 0 unspecified atom stereocenters. The van der Waals surface area contributed by atoms with Gasteiger partial charge in [0, 0.05) is 5.69 Å². The summed E-state index contributed by atoms with van der Waals surface area (Å²) in [7, 11) is 1.85. The number of nitrogens with one attached hydrogen (secondary N) is 1. The van der Waals surface area contributed by atoms with Crippen LogP contribution in [0.1, 0.15) is 0 Å². The first-order valence-corrected chi connectivity index (χ1v) is 3.14. The Balaban J connectivity index is 3.01. The summed E-state index contributed by atoms with van der Waals surface area (Å²) >= 11 is 5.76. The van der Waals surface area contributed by atoms with Crippen molar-refractivity contribution in [2.24, 2.45) is 0 Å². The lowest BCUT2D eigenvalue weighted by atomic mass is 10.3. The summed E-state index contributed by atoms with van der Waals surface area (Å²) in [6, 6.07) is 7.64. The maximum Gasteiger partial charge on any atom is 0.214 e. The molecule has 0 spiro atoms. The number of para-hydroxylation sites is 1. The van der Waals surface area contributed by atoms with Crippen LogP contribution in [0.5, 0.6) is 0 Å². The summed E-state index contributed by atoms with van der Waals surface area (Å²) in [6.07, 6.45) is 0. The molecule has 0 aliphatic rings. The van der Waals surface area contributed by atoms with Crippen LogP contribution in [0.4, 0.5) is 5.69 Å². The molecule has 0 aliphatic carbocycles. The van der Waals surface area contributed by atoms with Gasteiger partial charge in [-0.1, -0.05) is 23.7 Å². The predicted octanol–water partition coefficient (Wildman–Crippen LogP) is 1.30. The maximum absolute atomic E-state index is 5.76. The van der Waals surface area contributed by atoms with Crippen LogP contribution in [0.2, 0.25) is 5.02 Å². The van der Waals surface area contributed by atoms with Crippen LogP contribution in [0.3, 0.4) is 0 Å². The second kappa shape index (κ2) is 2.78. The van der Waals surface area contributed by atoms with Crippen LogP contribution in [-0.2, 0) is 0 Å². The van der Waals surface area contributed by atoms with Crippen LogP contribution in [0.15, 0.2) is 24.3 Å². The second-order valence-electron chi connectivity index (χ2n) is 1.73. The van der Waals surface area contributed by atoms with Crippen LogP contribution in [0, 0.1) is 0 Å². The first-order valence-electron chi connectivity index (χ1n) is 2.77. The van der Waals surface area contributed by atoms with Crippen LogP contribution in [0.25, 0.3) is 0 Å². The molecule has 1 rings (SSSR count). The van der Waals surface area contributed by atoms with Gasteiger partial charge in [-0.15, -0.1) is 0 Å². The van der Waals surface area contributed by atoms with Crippen LogP contribution >= 0.6 is 11.6 Å². The highest BCUT2D eigenvalue weighted by Crippen LogP contribution is 2.18. The lowest BCUT2D eigenvalue weighted by Crippen LogP contribution is -1.89. The van der Waals surface area contributed by atoms with Gasteiger partial charge in [0.2, 0.25) is 7.98 Å². The smallest absolute Gasteiger partial charge is 0.214 e. The molecule has 1 N–H and O–H groups in total. The Morgan fingerprint density at radius 3 is 2.44 bits per heavy atom. The number of benzene rings is 1. The molecule has 0 amide bonds. The normalized spacial score (nSPS) is 9.00. The monoisotopic (exact) mass is 139 g/mol. The van der Waals surface area contributed by atoms with Gasteiger partial charge in [0.25, 0.3) is 0 Å². The van der Waals surface area contributed by atoms with Crippen LogP contribution < -0.4 is 5.23 Å². The molecule has 0 aliphatic heterocycles. The van der Waals surface area contributed by atoms with Gasteiger partial charge < -0.3 is 5.23 Å². The first-order chi connectivity index (χ1) is 4.34. The van der Waals surface area contributed by atoms with Crippen molar-refractivity contribution < 1.29 is 0 Å². The van der Waals surface area contributed by atoms with E-state index in [9.17, 15) is 0 Å². The molecule has 1 nitrogen and oxygen atoms in total. The summed E-state index contributed by atoms with van der Waals surface area (Å²) in [4.78, 5) is 0. The van der Waals surface area contributed by atoms with Crippen LogP contribution in [-0.4, -0.2) is 7.98 Å². The molecule has 0 saturated carbocycles. The van der Waals surface area contributed by atoms with Crippen molar-refractivity contribution in [1.82, 2.24) is 0 Å². The number of hydrogen-bond acceptors (Lipinski definition) is 1. The largest absolute Gasteiger partial charge is 0.433 e. The zero-order chi connectivity index (χ0) is 6.69. The minimum Gasteiger partial charge on any atom is -0.433 e. The maximum atomic E-state index is 5.76. The molecule has 46 valence electrons. The third-order valence-electron chi connectivity index (χ3n) is 1.14. The van der Waals surface area contributed by atoms with E-state index in [4.69, 9.17) is 11.6 Å². The molecule has 1 aromatic carbocycles. The van der Waals surface area contributed by atoms with Crippen molar-refractivity contribution in [3.63, 3.8) is 0 Å². The third kappa shape index (κ3) is 1.39. The number of hydrogen-bond donors (Lipinski definition) is 1. The molecular weight excluding hydrogens is 132 g/mol. The summed E-state index contributed by atoms with van der Waals surface area (Å²) < 4.78 is 0. The summed E-state index contributed by atoms with van der Waals surface area (Å²) in [5.74, 6) is 0. The minimum absolute atomic E-state index is 0.764. The zero-order valence-corrected chi connectivity index (χ0v) is 5.94. The highest BCUT2D eigenvalue weighted by molar-refractivity contribution is 6.34. The average Bonchev–Trinajstić information content (AvgIpc) is 1.89. The molecule has 0 saturated heterocycles. The van der Waals surface area contributed by atoms with Gasteiger partial charge in [0.1, 0.15) is 0 Å². The first kappa shape index (κ1) is 6.49. The standard InChI is InChI=1S/C6H7BClN/c7-9-6-4-2-1-3-5(6)8/h1-4,9H,7H2. The number of rotatable bonds is 1. The van der Waals surface area contributed by atoms with E-state index in [1.54, 1.807) is 0 Å². The Labute approximate surface area is 60.5 Å². The van der Waals surface area contributed by atoms with Gasteiger partial charge >= 0.3 is 0 Å². The average molecular weight is 139 g/mol. The summed E-state index contributed by atoms with van der Waals surface area (Å²) in [5.41, 5.74) is 0.971. The van der Waals surface area contributed by atoms with Gasteiger partial charge in [-0.2, -0.15) is 0 Å². The van der Waals surface area contributed by atoms with E-state index in [0.29, 0.717) is 0 Å². The van der Waals surface area contributed by atoms with Crippen molar-refractivity contribution in [3.8, 4) is 0 Å². The molecule has 0 atom stereocenters. The highest BCUT2D eigenvalue weighted by atomic mass is 35.5.